The number of hydrogen-bond donors (Lipinski definition) is 1. The predicted molar refractivity (Wildman–Crippen MR) is 128 cm³/mol. The average molecular weight is 462 g/mol. The number of ether oxygens (including phenoxy) is 2. The number of hydrogen-bond acceptors (Lipinski definition) is 7. The molecule has 31 heavy (non-hydrogen) atoms. The van der Waals surface area contributed by atoms with Gasteiger partial charge < -0.3 is 24.6 Å². The van der Waals surface area contributed by atoms with E-state index in [1.165, 1.54) is 25.5 Å². The number of carbonyl (C=O) groups is 2. The van der Waals surface area contributed by atoms with Crippen LogP contribution in [0, 0.1) is 13.8 Å². The van der Waals surface area contributed by atoms with Crippen LogP contribution in [0.3, 0.4) is 0 Å². The third-order valence-corrected chi connectivity index (χ3v) is 6.96. The number of nitrogens with one attached hydrogen (secondary N) is 1. The minimum absolute atomic E-state index is 0.256. The minimum atomic E-state index is -0.522. The van der Waals surface area contributed by atoms with E-state index in [9.17, 15) is 9.59 Å². The molecule has 0 saturated carbocycles. The van der Waals surface area contributed by atoms with E-state index >= 15 is 0 Å². The average Bonchev–Trinajstić information content (AvgIpc) is 3.09. The van der Waals surface area contributed by atoms with E-state index in [0.717, 1.165) is 31.0 Å². The van der Waals surface area contributed by atoms with Crippen molar-refractivity contribution in [1.82, 2.24) is 4.90 Å². The Morgan fingerprint density at radius 1 is 1.10 bits per heavy atom. The Hall–Kier alpha value is -2.65. The zero-order valence-corrected chi connectivity index (χ0v) is 20.0. The summed E-state index contributed by atoms with van der Waals surface area (Å²) < 4.78 is 9.75. The molecule has 1 unspecified atom stereocenters. The quantitative estimate of drug-likeness (QED) is 0.544. The number of methoxy groups -OCH3 is 2. The number of rotatable bonds is 4. The van der Waals surface area contributed by atoms with Crippen molar-refractivity contribution in [2.24, 2.45) is 0 Å². The van der Waals surface area contributed by atoms with Crippen LogP contribution in [0.5, 0.6) is 0 Å². The summed E-state index contributed by atoms with van der Waals surface area (Å²) in [5.41, 5.74) is 3.26. The van der Waals surface area contributed by atoms with Gasteiger partial charge in [0.2, 0.25) is 0 Å². The van der Waals surface area contributed by atoms with Gasteiger partial charge in [0.1, 0.15) is 9.88 Å². The topological polar surface area (TPSA) is 71.1 Å². The SMILES string of the molecule is COC(=O)c1sc(NC(=S)N2CCN(c3ccc(C)cc3)C(C)C2)c(C(=O)OC)c1C. The molecule has 1 fully saturated rings. The summed E-state index contributed by atoms with van der Waals surface area (Å²) in [5, 5.41) is 4.17. The van der Waals surface area contributed by atoms with Crippen LogP contribution >= 0.6 is 23.6 Å². The summed E-state index contributed by atoms with van der Waals surface area (Å²) in [5.74, 6) is -1.02. The van der Waals surface area contributed by atoms with Crippen molar-refractivity contribution < 1.29 is 19.1 Å². The predicted octanol–water partition coefficient (Wildman–Crippen LogP) is 3.85. The van der Waals surface area contributed by atoms with Crippen LogP contribution in [0.15, 0.2) is 24.3 Å². The summed E-state index contributed by atoms with van der Waals surface area (Å²) in [7, 11) is 2.62. The van der Waals surface area contributed by atoms with Crippen LogP contribution in [-0.4, -0.2) is 61.8 Å². The Morgan fingerprint density at radius 2 is 1.74 bits per heavy atom. The van der Waals surface area contributed by atoms with Gasteiger partial charge in [-0.05, 0) is 50.7 Å². The molecule has 1 saturated heterocycles. The van der Waals surface area contributed by atoms with E-state index in [1.54, 1.807) is 6.92 Å². The second-order valence-electron chi connectivity index (χ2n) is 7.50. The van der Waals surface area contributed by atoms with E-state index in [4.69, 9.17) is 21.7 Å². The minimum Gasteiger partial charge on any atom is -0.465 e. The fraction of sp³-hybridized carbons (Fsp3) is 0.409. The molecule has 1 N–H and O–H groups in total. The van der Waals surface area contributed by atoms with Gasteiger partial charge >= 0.3 is 11.9 Å². The smallest absolute Gasteiger partial charge is 0.348 e. The van der Waals surface area contributed by atoms with Crippen LogP contribution in [-0.2, 0) is 9.47 Å². The fourth-order valence-electron chi connectivity index (χ4n) is 3.67. The number of benzene rings is 1. The molecule has 166 valence electrons. The van der Waals surface area contributed by atoms with Crippen LogP contribution in [0.25, 0.3) is 0 Å². The molecule has 9 heteroatoms. The lowest BCUT2D eigenvalue weighted by Crippen LogP contribution is -2.54. The number of carbonyl (C=O) groups excluding carboxylic acids is 2. The summed E-state index contributed by atoms with van der Waals surface area (Å²) in [6.45, 7) is 8.25. The molecular weight excluding hydrogens is 434 g/mol. The number of aryl methyl sites for hydroxylation is 1. The van der Waals surface area contributed by atoms with Gasteiger partial charge in [0.15, 0.2) is 5.11 Å². The molecule has 1 aromatic carbocycles. The monoisotopic (exact) mass is 461 g/mol. The highest BCUT2D eigenvalue weighted by molar-refractivity contribution is 7.80. The molecule has 0 aliphatic carbocycles. The molecule has 0 radical (unpaired) electrons. The number of thiophene rings is 1. The van der Waals surface area contributed by atoms with Crippen molar-refractivity contribution in [2.45, 2.75) is 26.8 Å². The third-order valence-electron chi connectivity index (χ3n) is 5.41. The lowest BCUT2D eigenvalue weighted by molar-refractivity contribution is 0.0601. The van der Waals surface area contributed by atoms with Gasteiger partial charge in [0.25, 0.3) is 0 Å². The maximum atomic E-state index is 12.3. The van der Waals surface area contributed by atoms with Crippen molar-refractivity contribution in [3.63, 3.8) is 0 Å². The Labute approximate surface area is 191 Å². The molecule has 2 aromatic rings. The highest BCUT2D eigenvalue weighted by atomic mass is 32.1. The first-order valence-corrected chi connectivity index (χ1v) is 11.2. The van der Waals surface area contributed by atoms with Crippen molar-refractivity contribution in [3.05, 3.63) is 45.8 Å². The lowest BCUT2D eigenvalue weighted by Gasteiger charge is -2.42. The third kappa shape index (κ3) is 4.83. The molecule has 1 aliphatic rings. The van der Waals surface area contributed by atoms with Gasteiger partial charge in [-0.2, -0.15) is 0 Å². The van der Waals surface area contributed by atoms with Crippen molar-refractivity contribution in [2.75, 3.05) is 44.1 Å². The van der Waals surface area contributed by atoms with Gasteiger partial charge in [-0.25, -0.2) is 9.59 Å². The molecular formula is C22H27N3O4S2. The van der Waals surface area contributed by atoms with Crippen molar-refractivity contribution in [1.29, 1.82) is 0 Å². The molecule has 3 rings (SSSR count). The second kappa shape index (κ2) is 9.65. The van der Waals surface area contributed by atoms with Crippen molar-refractivity contribution in [3.8, 4) is 0 Å². The van der Waals surface area contributed by atoms with Crippen LogP contribution < -0.4 is 10.2 Å². The zero-order valence-electron chi connectivity index (χ0n) is 18.4. The van der Waals surface area contributed by atoms with E-state index < -0.39 is 11.9 Å². The first-order chi connectivity index (χ1) is 14.8. The summed E-state index contributed by atoms with van der Waals surface area (Å²) in [6, 6.07) is 8.78. The number of esters is 2. The summed E-state index contributed by atoms with van der Waals surface area (Å²) in [6.07, 6.45) is 0. The number of anilines is 2. The maximum Gasteiger partial charge on any atom is 0.348 e. The van der Waals surface area contributed by atoms with E-state index in [1.807, 2.05) is 0 Å². The van der Waals surface area contributed by atoms with Gasteiger partial charge in [-0.15, -0.1) is 11.3 Å². The Kier molecular flexibility index (Phi) is 7.17. The Balaban J connectivity index is 1.75. The first kappa shape index (κ1) is 23.0. The molecule has 0 bridgehead atoms. The van der Waals surface area contributed by atoms with Crippen LogP contribution in [0.2, 0.25) is 0 Å². The molecule has 1 aromatic heterocycles. The van der Waals surface area contributed by atoms with Crippen LogP contribution in [0.4, 0.5) is 10.7 Å². The Bertz CT molecular complexity index is 987. The van der Waals surface area contributed by atoms with Gasteiger partial charge in [-0.3, -0.25) is 0 Å². The molecule has 0 amide bonds. The van der Waals surface area contributed by atoms with Gasteiger partial charge in [0, 0.05) is 31.4 Å². The second-order valence-corrected chi connectivity index (χ2v) is 8.90. The summed E-state index contributed by atoms with van der Waals surface area (Å²) >= 11 is 6.79. The standard InChI is InChI=1S/C22H27N3O4S2/c1-13-6-8-16(9-7-13)25-11-10-24(12-14(25)2)22(30)23-19-17(20(26)28-4)15(3)18(31-19)21(27)29-5/h6-9,14H,10-12H2,1-5H3,(H,23,30). The number of thiocarbonyl (C=S) groups is 1. The molecule has 1 atom stereocenters. The van der Waals surface area contributed by atoms with E-state index in [-0.39, 0.29) is 6.04 Å². The van der Waals surface area contributed by atoms with Gasteiger partial charge in [0.05, 0.1) is 19.8 Å². The zero-order chi connectivity index (χ0) is 22.7. The molecule has 1 aliphatic heterocycles. The highest BCUT2D eigenvalue weighted by Crippen LogP contribution is 2.34. The number of piperazine rings is 1. The normalized spacial score (nSPS) is 16.1. The van der Waals surface area contributed by atoms with E-state index in [2.05, 4.69) is 53.2 Å². The molecule has 0 spiro atoms. The van der Waals surface area contributed by atoms with Gasteiger partial charge in [-0.1, -0.05) is 17.7 Å². The van der Waals surface area contributed by atoms with E-state index in [0.29, 0.717) is 26.1 Å². The molecule has 2 heterocycles. The molecule has 7 nitrogen and oxygen atoms in total. The largest absolute Gasteiger partial charge is 0.465 e. The maximum absolute atomic E-state index is 12.3. The number of nitrogens with zero attached hydrogens (tertiary/aromatic N) is 2. The van der Waals surface area contributed by atoms with Crippen LogP contribution in [0.1, 0.15) is 38.1 Å². The first-order valence-electron chi connectivity index (χ1n) is 9.96. The highest BCUT2D eigenvalue weighted by Gasteiger charge is 2.29. The summed E-state index contributed by atoms with van der Waals surface area (Å²) in [4.78, 5) is 29.2. The fourth-order valence-corrected chi connectivity index (χ4v) is 5.12. The lowest BCUT2D eigenvalue weighted by atomic mass is 10.1. The van der Waals surface area contributed by atoms with Crippen molar-refractivity contribution >= 4 is 51.3 Å². The Morgan fingerprint density at radius 3 is 2.32 bits per heavy atom.